The smallest absolute Gasteiger partial charge is 0.261 e. The van der Waals surface area contributed by atoms with Crippen LogP contribution in [-0.2, 0) is 11.3 Å². The first kappa shape index (κ1) is 17.0. The second-order valence-electron chi connectivity index (χ2n) is 5.80. The number of halogens is 1. The Balaban J connectivity index is 1.86. The van der Waals surface area contributed by atoms with Gasteiger partial charge >= 0.3 is 0 Å². The van der Waals surface area contributed by atoms with E-state index in [9.17, 15) is 9.59 Å². The van der Waals surface area contributed by atoms with Crippen molar-refractivity contribution < 1.29 is 4.79 Å². The molecule has 128 valence electrons. The molecule has 0 saturated heterocycles. The van der Waals surface area contributed by atoms with Crippen LogP contribution in [-0.4, -0.2) is 29.6 Å². The molecule has 1 N–H and O–H groups in total. The van der Waals surface area contributed by atoms with E-state index in [4.69, 9.17) is 11.6 Å². The van der Waals surface area contributed by atoms with Crippen molar-refractivity contribution in [3.63, 3.8) is 0 Å². The molecule has 25 heavy (non-hydrogen) atoms. The van der Waals surface area contributed by atoms with Gasteiger partial charge in [0.05, 0.1) is 28.6 Å². The molecule has 3 rings (SSSR count). The zero-order valence-electron chi connectivity index (χ0n) is 13.9. The van der Waals surface area contributed by atoms with E-state index in [0.29, 0.717) is 21.6 Å². The number of carbonyl (C=O) groups excluding carboxylic acids is 1. The quantitative estimate of drug-likeness (QED) is 0.780. The molecule has 0 spiro atoms. The largest absolute Gasteiger partial charge is 0.376 e. The van der Waals surface area contributed by atoms with Gasteiger partial charge in [-0.3, -0.25) is 14.2 Å². The summed E-state index contributed by atoms with van der Waals surface area (Å²) in [5, 5.41) is 3.80. The van der Waals surface area contributed by atoms with E-state index in [-0.39, 0.29) is 18.0 Å². The van der Waals surface area contributed by atoms with Crippen LogP contribution in [0, 0.1) is 0 Å². The highest BCUT2D eigenvalue weighted by Crippen LogP contribution is 2.27. The molecule has 0 bridgehead atoms. The van der Waals surface area contributed by atoms with Gasteiger partial charge < -0.3 is 10.2 Å². The molecule has 0 saturated carbocycles. The summed E-state index contributed by atoms with van der Waals surface area (Å²) in [6.07, 6.45) is 1.38. The third-order valence-corrected chi connectivity index (χ3v) is 4.00. The number of benzene rings is 2. The van der Waals surface area contributed by atoms with Crippen LogP contribution >= 0.6 is 11.6 Å². The van der Waals surface area contributed by atoms with Crippen LogP contribution in [0.25, 0.3) is 10.9 Å². The predicted molar refractivity (Wildman–Crippen MR) is 100 cm³/mol. The van der Waals surface area contributed by atoms with E-state index in [0.717, 1.165) is 5.69 Å². The van der Waals surface area contributed by atoms with E-state index in [1.807, 2.05) is 31.1 Å². The molecule has 0 unspecified atom stereocenters. The molecule has 3 aromatic rings. The van der Waals surface area contributed by atoms with Gasteiger partial charge in [0, 0.05) is 19.1 Å². The SMILES string of the molecule is CN(C)c1ccc(Cl)cc1NC(=O)Cn1cnc2ccccc2c1=O. The Morgan fingerprint density at radius 1 is 1.24 bits per heavy atom. The van der Waals surface area contributed by atoms with Gasteiger partial charge in [0.25, 0.3) is 5.56 Å². The number of nitrogens with one attached hydrogen (secondary N) is 1. The second kappa shape index (κ2) is 6.94. The lowest BCUT2D eigenvalue weighted by Gasteiger charge is -2.18. The minimum atomic E-state index is -0.329. The molecule has 2 aromatic carbocycles. The summed E-state index contributed by atoms with van der Waals surface area (Å²) in [5.41, 5.74) is 1.76. The number of para-hydroxylation sites is 1. The number of aromatic nitrogens is 2. The van der Waals surface area contributed by atoms with Crippen LogP contribution in [0.5, 0.6) is 0 Å². The Bertz CT molecular complexity index is 998. The van der Waals surface area contributed by atoms with E-state index in [1.54, 1.807) is 30.3 Å². The Kier molecular flexibility index (Phi) is 4.72. The topological polar surface area (TPSA) is 67.2 Å². The number of hydrogen-bond donors (Lipinski definition) is 1. The lowest BCUT2D eigenvalue weighted by molar-refractivity contribution is -0.116. The Morgan fingerprint density at radius 2 is 2.00 bits per heavy atom. The van der Waals surface area contributed by atoms with Gasteiger partial charge in [0.2, 0.25) is 5.91 Å². The molecule has 1 amide bonds. The van der Waals surface area contributed by atoms with Crippen molar-refractivity contribution in [2.24, 2.45) is 0 Å². The molecule has 1 aromatic heterocycles. The third-order valence-electron chi connectivity index (χ3n) is 3.76. The first-order valence-corrected chi connectivity index (χ1v) is 8.04. The molecule has 6 nitrogen and oxygen atoms in total. The van der Waals surface area contributed by atoms with Gasteiger partial charge in [-0.2, -0.15) is 0 Å². The molecule has 0 atom stereocenters. The van der Waals surface area contributed by atoms with Gasteiger partial charge in [-0.25, -0.2) is 4.98 Å². The van der Waals surface area contributed by atoms with Gasteiger partial charge in [-0.15, -0.1) is 0 Å². The fourth-order valence-electron chi connectivity index (χ4n) is 2.56. The normalized spacial score (nSPS) is 10.7. The standard InChI is InChI=1S/C18H17ClN4O2/c1-22(2)16-8-7-12(19)9-15(16)21-17(24)10-23-11-20-14-6-4-3-5-13(14)18(23)25/h3-9,11H,10H2,1-2H3,(H,21,24). The van der Waals surface area contributed by atoms with Crippen molar-refractivity contribution >= 4 is 39.8 Å². The minimum Gasteiger partial charge on any atom is -0.376 e. The highest BCUT2D eigenvalue weighted by atomic mass is 35.5. The van der Waals surface area contributed by atoms with E-state index >= 15 is 0 Å². The minimum absolute atomic E-state index is 0.129. The molecular weight excluding hydrogens is 340 g/mol. The molecule has 0 aliphatic rings. The number of hydrogen-bond acceptors (Lipinski definition) is 4. The number of rotatable bonds is 4. The molecule has 0 fully saturated rings. The lowest BCUT2D eigenvalue weighted by Crippen LogP contribution is -2.28. The number of amides is 1. The van der Waals surface area contributed by atoms with Crippen molar-refractivity contribution in [1.82, 2.24) is 9.55 Å². The summed E-state index contributed by atoms with van der Waals surface area (Å²) in [6.45, 7) is -0.129. The zero-order chi connectivity index (χ0) is 18.0. The molecule has 0 aliphatic heterocycles. The van der Waals surface area contributed by atoms with Crippen LogP contribution in [0.3, 0.4) is 0 Å². The fourth-order valence-corrected chi connectivity index (χ4v) is 2.73. The average Bonchev–Trinajstić information content (AvgIpc) is 2.57. The van der Waals surface area contributed by atoms with Crippen molar-refractivity contribution in [3.8, 4) is 0 Å². The van der Waals surface area contributed by atoms with Crippen LogP contribution in [0.2, 0.25) is 5.02 Å². The lowest BCUT2D eigenvalue weighted by atomic mass is 10.2. The maximum atomic E-state index is 12.5. The highest BCUT2D eigenvalue weighted by Gasteiger charge is 2.12. The second-order valence-corrected chi connectivity index (χ2v) is 6.24. The highest BCUT2D eigenvalue weighted by molar-refractivity contribution is 6.31. The van der Waals surface area contributed by atoms with Crippen molar-refractivity contribution in [3.05, 3.63) is 64.2 Å². The molecular formula is C18H17ClN4O2. The fraction of sp³-hybridized carbons (Fsp3) is 0.167. The molecule has 1 heterocycles. The number of nitrogens with zero attached hydrogens (tertiary/aromatic N) is 3. The monoisotopic (exact) mass is 356 g/mol. The predicted octanol–water partition coefficient (Wildman–Crippen LogP) is 2.75. The summed E-state index contributed by atoms with van der Waals surface area (Å²) in [4.78, 5) is 30.9. The first-order chi connectivity index (χ1) is 12.0. The van der Waals surface area contributed by atoms with Crippen LogP contribution < -0.4 is 15.8 Å². The molecule has 7 heteroatoms. The summed E-state index contributed by atoms with van der Waals surface area (Å²) in [5.74, 6) is -0.329. The van der Waals surface area contributed by atoms with Gasteiger partial charge in [0.1, 0.15) is 6.54 Å². The summed E-state index contributed by atoms with van der Waals surface area (Å²) in [6, 6.07) is 12.3. The van der Waals surface area contributed by atoms with Crippen LogP contribution in [0.4, 0.5) is 11.4 Å². The Labute approximate surface area is 149 Å². The van der Waals surface area contributed by atoms with Gasteiger partial charge in [-0.1, -0.05) is 23.7 Å². The number of fused-ring (bicyclic) bond motifs is 1. The number of carbonyl (C=O) groups is 1. The molecule has 0 radical (unpaired) electrons. The van der Waals surface area contributed by atoms with Crippen molar-refractivity contribution in [1.29, 1.82) is 0 Å². The zero-order valence-corrected chi connectivity index (χ0v) is 14.6. The molecule has 0 aliphatic carbocycles. The van der Waals surface area contributed by atoms with Crippen molar-refractivity contribution in [2.45, 2.75) is 6.54 Å². The summed E-state index contributed by atoms with van der Waals surface area (Å²) >= 11 is 6.02. The summed E-state index contributed by atoms with van der Waals surface area (Å²) in [7, 11) is 3.74. The van der Waals surface area contributed by atoms with Crippen molar-refractivity contribution in [2.75, 3.05) is 24.3 Å². The van der Waals surface area contributed by atoms with Crippen LogP contribution in [0.1, 0.15) is 0 Å². The van der Waals surface area contributed by atoms with Gasteiger partial charge in [0.15, 0.2) is 0 Å². The first-order valence-electron chi connectivity index (χ1n) is 7.66. The maximum Gasteiger partial charge on any atom is 0.261 e. The maximum absolute atomic E-state index is 12.5. The third kappa shape index (κ3) is 3.64. The van der Waals surface area contributed by atoms with Crippen LogP contribution in [0.15, 0.2) is 53.6 Å². The van der Waals surface area contributed by atoms with Gasteiger partial charge in [-0.05, 0) is 30.3 Å². The van der Waals surface area contributed by atoms with E-state index < -0.39 is 0 Å². The van der Waals surface area contributed by atoms with E-state index in [2.05, 4.69) is 10.3 Å². The Morgan fingerprint density at radius 3 is 2.76 bits per heavy atom. The summed E-state index contributed by atoms with van der Waals surface area (Å²) < 4.78 is 1.29. The number of anilines is 2. The average molecular weight is 357 g/mol. The Hall–Kier alpha value is -2.86. The van der Waals surface area contributed by atoms with E-state index in [1.165, 1.54) is 10.9 Å².